The van der Waals surface area contributed by atoms with Gasteiger partial charge in [0.15, 0.2) is 0 Å². The van der Waals surface area contributed by atoms with E-state index in [1.165, 1.54) is 38.8 Å². The number of likely N-dealkylation sites (tertiary alicyclic amines) is 2. The maximum absolute atomic E-state index is 12.8. The van der Waals surface area contributed by atoms with Crippen LogP contribution in [-0.4, -0.2) is 87.8 Å². The summed E-state index contributed by atoms with van der Waals surface area (Å²) < 4.78 is 53.9. The highest BCUT2D eigenvalue weighted by molar-refractivity contribution is 6.04. The average Bonchev–Trinajstić information content (AvgIpc) is 4.00. The van der Waals surface area contributed by atoms with Crippen LogP contribution in [0, 0.1) is 0 Å². The molecule has 4 heterocycles. The number of carbonyl (C=O) groups is 1. The molecule has 2 aliphatic heterocycles. The number of carbonyl (C=O) groups excluding carboxylic acids is 1. The second-order valence-corrected chi connectivity index (χ2v) is 13.5. The van der Waals surface area contributed by atoms with Crippen molar-refractivity contribution in [3.63, 3.8) is 0 Å². The SMILES string of the molecule is Cn1nccc1-c1cc(N)ccc1OCCN1CCCC1.Cn1nccc1-c1cc(NC(=O)c2ccc(C(F)(F)F)cc2)ccc1OCCN1CCCC1. The minimum absolute atomic E-state index is 0.135. The molecule has 11 nitrogen and oxygen atoms in total. The van der Waals surface area contributed by atoms with Gasteiger partial charge in [0.2, 0.25) is 0 Å². The highest BCUT2D eigenvalue weighted by atomic mass is 19.4. The molecule has 3 aromatic carbocycles. The lowest BCUT2D eigenvalue weighted by Gasteiger charge is -2.17. The van der Waals surface area contributed by atoms with Crippen molar-refractivity contribution in [2.75, 3.05) is 63.5 Å². The number of halogens is 3. The Morgan fingerprint density at radius 2 is 1.22 bits per heavy atom. The van der Waals surface area contributed by atoms with E-state index in [9.17, 15) is 18.0 Å². The number of hydrogen-bond acceptors (Lipinski definition) is 8. The normalized spacial score (nSPS) is 14.8. The van der Waals surface area contributed by atoms with Gasteiger partial charge in [-0.3, -0.25) is 24.0 Å². The molecule has 2 saturated heterocycles. The van der Waals surface area contributed by atoms with Gasteiger partial charge in [0.05, 0.1) is 17.0 Å². The van der Waals surface area contributed by atoms with E-state index in [4.69, 9.17) is 15.2 Å². The Morgan fingerprint density at radius 3 is 1.70 bits per heavy atom. The molecule has 0 saturated carbocycles. The number of amides is 1. The smallest absolute Gasteiger partial charge is 0.416 e. The number of aryl methyl sites for hydroxylation is 2. The van der Waals surface area contributed by atoms with Gasteiger partial charge in [-0.25, -0.2) is 0 Å². The lowest BCUT2D eigenvalue weighted by atomic mass is 10.1. The molecule has 54 heavy (non-hydrogen) atoms. The molecular formula is C40H47F3N8O3. The minimum Gasteiger partial charge on any atom is -0.492 e. The molecule has 5 aromatic rings. The van der Waals surface area contributed by atoms with Crippen LogP contribution in [0.1, 0.15) is 41.6 Å². The summed E-state index contributed by atoms with van der Waals surface area (Å²) in [4.78, 5) is 17.4. The molecule has 0 atom stereocenters. The fraction of sp³-hybridized carbons (Fsp3) is 0.375. The third kappa shape index (κ3) is 9.99. The Hall–Kier alpha value is -5.34. The van der Waals surface area contributed by atoms with Crippen LogP contribution in [-0.2, 0) is 20.3 Å². The van der Waals surface area contributed by atoms with Crippen molar-refractivity contribution in [3.8, 4) is 34.0 Å². The molecule has 14 heteroatoms. The lowest BCUT2D eigenvalue weighted by molar-refractivity contribution is -0.137. The molecule has 0 aliphatic carbocycles. The molecule has 2 fully saturated rings. The van der Waals surface area contributed by atoms with Gasteiger partial charge in [-0.1, -0.05) is 0 Å². The standard InChI is InChI=1S/C24H25F3N4O2.C16H22N4O/c1-30-21(10-11-28-30)20-16-19(8-9-22(20)33-15-14-31-12-2-3-13-31)29-23(32)17-4-6-18(7-5-17)24(25,26)27;1-19-15(6-7-18-19)14-12-13(17)4-5-16(14)21-11-10-20-8-2-3-9-20/h4-11,16H,2-3,12-15H2,1H3,(H,29,32);4-7,12H,2-3,8-11,17H2,1H3. The van der Waals surface area contributed by atoms with Gasteiger partial charge in [-0.2, -0.15) is 23.4 Å². The topological polar surface area (TPSA) is 116 Å². The molecule has 0 bridgehead atoms. The number of nitrogens with two attached hydrogens (primary N) is 1. The van der Waals surface area contributed by atoms with Crippen LogP contribution < -0.4 is 20.5 Å². The first-order valence-corrected chi connectivity index (χ1v) is 18.2. The number of aromatic nitrogens is 4. The van der Waals surface area contributed by atoms with Crippen LogP contribution in [0.5, 0.6) is 11.5 Å². The Bertz CT molecular complexity index is 1980. The quantitative estimate of drug-likeness (QED) is 0.132. The summed E-state index contributed by atoms with van der Waals surface area (Å²) in [5, 5.41) is 11.2. The van der Waals surface area contributed by atoms with Crippen molar-refractivity contribution in [2.45, 2.75) is 31.9 Å². The van der Waals surface area contributed by atoms with Gasteiger partial charge in [0, 0.05) is 67.6 Å². The monoisotopic (exact) mass is 744 g/mol. The zero-order valence-corrected chi connectivity index (χ0v) is 30.7. The first-order chi connectivity index (χ1) is 26.0. The summed E-state index contributed by atoms with van der Waals surface area (Å²) in [6.45, 7) is 7.64. The van der Waals surface area contributed by atoms with Crippen molar-refractivity contribution in [3.05, 3.63) is 96.3 Å². The Balaban J connectivity index is 0.000000203. The molecule has 0 spiro atoms. The molecule has 0 radical (unpaired) electrons. The van der Waals surface area contributed by atoms with Crippen LogP contribution in [0.25, 0.3) is 22.5 Å². The van der Waals surface area contributed by atoms with Gasteiger partial charge in [0.25, 0.3) is 5.91 Å². The first-order valence-electron chi connectivity index (χ1n) is 18.2. The van der Waals surface area contributed by atoms with E-state index in [2.05, 4.69) is 25.3 Å². The largest absolute Gasteiger partial charge is 0.492 e. The van der Waals surface area contributed by atoms with Gasteiger partial charge < -0.3 is 20.5 Å². The summed E-state index contributed by atoms with van der Waals surface area (Å²) in [5.41, 5.74) is 10.1. The second kappa shape index (κ2) is 17.7. The van der Waals surface area contributed by atoms with Crippen molar-refractivity contribution < 1.29 is 27.4 Å². The van der Waals surface area contributed by atoms with Gasteiger partial charge in [-0.15, -0.1) is 0 Å². The number of nitrogens with one attached hydrogen (secondary N) is 1. The van der Waals surface area contributed by atoms with E-state index in [-0.39, 0.29) is 5.56 Å². The molecule has 286 valence electrons. The fourth-order valence-electron chi connectivity index (χ4n) is 6.68. The Labute approximate surface area is 313 Å². The number of alkyl halides is 3. The number of nitrogen functional groups attached to an aromatic ring is 1. The van der Waals surface area contributed by atoms with Gasteiger partial charge >= 0.3 is 6.18 Å². The Kier molecular flexibility index (Phi) is 12.6. The third-order valence-electron chi connectivity index (χ3n) is 9.64. The summed E-state index contributed by atoms with van der Waals surface area (Å²) in [6, 6.07) is 19.0. The fourth-order valence-corrected chi connectivity index (χ4v) is 6.68. The predicted octanol–water partition coefficient (Wildman–Crippen LogP) is 6.98. The van der Waals surface area contributed by atoms with Crippen LogP contribution in [0.15, 0.2) is 85.2 Å². The molecule has 2 aliphatic rings. The summed E-state index contributed by atoms with van der Waals surface area (Å²) >= 11 is 0. The number of hydrogen-bond donors (Lipinski definition) is 2. The second-order valence-electron chi connectivity index (χ2n) is 13.5. The first kappa shape index (κ1) is 38.4. The minimum atomic E-state index is -4.45. The third-order valence-corrected chi connectivity index (χ3v) is 9.64. The molecule has 2 aromatic heterocycles. The highest BCUT2D eigenvalue weighted by Gasteiger charge is 2.30. The maximum Gasteiger partial charge on any atom is 0.416 e. The highest BCUT2D eigenvalue weighted by Crippen LogP contribution is 2.34. The average molecular weight is 745 g/mol. The van der Waals surface area contributed by atoms with Crippen LogP contribution in [0.2, 0.25) is 0 Å². The van der Waals surface area contributed by atoms with Crippen LogP contribution in [0.3, 0.4) is 0 Å². The maximum atomic E-state index is 12.8. The van der Waals surface area contributed by atoms with E-state index >= 15 is 0 Å². The molecule has 7 rings (SSSR count). The summed E-state index contributed by atoms with van der Waals surface area (Å²) in [7, 11) is 3.74. The number of ether oxygens (including phenoxy) is 2. The zero-order chi connectivity index (χ0) is 38.1. The van der Waals surface area contributed by atoms with Crippen molar-refractivity contribution in [2.24, 2.45) is 14.1 Å². The van der Waals surface area contributed by atoms with Gasteiger partial charge in [-0.05, 0) is 125 Å². The van der Waals surface area contributed by atoms with E-state index in [1.54, 1.807) is 35.3 Å². The number of anilines is 2. The summed E-state index contributed by atoms with van der Waals surface area (Å²) in [5.74, 6) is 1.04. The van der Waals surface area contributed by atoms with Crippen LogP contribution in [0.4, 0.5) is 24.5 Å². The predicted molar refractivity (Wildman–Crippen MR) is 203 cm³/mol. The summed E-state index contributed by atoms with van der Waals surface area (Å²) in [6.07, 6.45) is 4.06. The van der Waals surface area contributed by atoms with E-state index < -0.39 is 17.6 Å². The molecular weight excluding hydrogens is 697 g/mol. The number of nitrogens with zero attached hydrogens (tertiary/aromatic N) is 6. The molecule has 1 amide bonds. The Morgan fingerprint density at radius 1 is 0.722 bits per heavy atom. The van der Waals surface area contributed by atoms with E-state index in [1.807, 2.05) is 49.1 Å². The van der Waals surface area contributed by atoms with Gasteiger partial charge in [0.1, 0.15) is 24.7 Å². The van der Waals surface area contributed by atoms with Crippen molar-refractivity contribution in [1.82, 2.24) is 29.4 Å². The zero-order valence-electron chi connectivity index (χ0n) is 30.7. The van der Waals surface area contributed by atoms with Crippen molar-refractivity contribution >= 4 is 17.3 Å². The van der Waals surface area contributed by atoms with E-state index in [0.717, 1.165) is 84.4 Å². The number of rotatable bonds is 12. The molecule has 0 unspecified atom stereocenters. The van der Waals surface area contributed by atoms with Crippen LogP contribution >= 0.6 is 0 Å². The van der Waals surface area contributed by atoms with Crippen molar-refractivity contribution in [1.29, 1.82) is 0 Å². The number of benzene rings is 3. The van der Waals surface area contributed by atoms with E-state index in [0.29, 0.717) is 24.7 Å². The lowest BCUT2D eigenvalue weighted by Crippen LogP contribution is -2.25. The molecule has 3 N–H and O–H groups in total.